The molecule has 0 aliphatic heterocycles. The summed E-state index contributed by atoms with van der Waals surface area (Å²) in [5.74, 6) is -1.06. The molecule has 32 heavy (non-hydrogen) atoms. The summed E-state index contributed by atoms with van der Waals surface area (Å²) in [5.41, 5.74) is 0.506. The predicted octanol–water partition coefficient (Wildman–Crippen LogP) is 6.73. The number of aliphatic hydroxyl groups excluding tert-OH is 1. The lowest BCUT2D eigenvalue weighted by molar-refractivity contribution is -0.275. The summed E-state index contributed by atoms with van der Waals surface area (Å²) >= 11 is 4.04. The van der Waals surface area contributed by atoms with E-state index >= 15 is 0 Å². The van der Waals surface area contributed by atoms with Gasteiger partial charge in [-0.15, -0.1) is 13.2 Å². The number of esters is 1. The number of rotatable bonds is 6. The van der Waals surface area contributed by atoms with Crippen molar-refractivity contribution in [1.82, 2.24) is 0 Å². The largest absolute Gasteiger partial charge is 0.573 e. The number of aldehydes is 1. The van der Waals surface area contributed by atoms with Crippen molar-refractivity contribution in [3.05, 3.63) is 52.0 Å². The summed E-state index contributed by atoms with van der Waals surface area (Å²) in [6.07, 6.45) is -4.33. The molecule has 0 heterocycles. The van der Waals surface area contributed by atoms with Crippen LogP contribution in [0.25, 0.3) is 0 Å². The Bertz CT molecular complexity index is 836. The predicted molar refractivity (Wildman–Crippen MR) is 124 cm³/mol. The summed E-state index contributed by atoms with van der Waals surface area (Å²) < 4.78 is 49.0. The number of anilines is 1. The smallest absolute Gasteiger partial charge is 0.465 e. The van der Waals surface area contributed by atoms with Gasteiger partial charge in [0.15, 0.2) is 6.29 Å². The van der Waals surface area contributed by atoms with Crippen molar-refractivity contribution in [2.24, 2.45) is 0 Å². The first-order valence-corrected chi connectivity index (χ1v) is 11.0. The van der Waals surface area contributed by atoms with Gasteiger partial charge in [-0.1, -0.05) is 39.8 Å². The summed E-state index contributed by atoms with van der Waals surface area (Å²) in [6, 6.07) is 8.48. The number of alkyl halides is 3. The molecule has 2 rings (SSSR count). The third kappa shape index (κ3) is 10.9. The number of nitrogens with one attached hydrogen (secondary N) is 1. The topological polar surface area (TPSA) is 84.9 Å². The van der Waals surface area contributed by atoms with Crippen molar-refractivity contribution in [3.63, 3.8) is 0 Å². The van der Waals surface area contributed by atoms with Gasteiger partial charge in [0.2, 0.25) is 0 Å². The zero-order valence-corrected chi connectivity index (χ0v) is 20.9. The standard InChI is InChI=1S/C16H11BrF3NO4S.2C2H6.CH4O/c1-24-15(23)14-9(8-22)6-10(7-11(14)17)21-26-13-5-3-2-4-12(13)25-16(18,19)20;3*1-2/h2-8,21H,1H3;2*1-2H3;2H,1H3. The highest BCUT2D eigenvalue weighted by Gasteiger charge is 2.32. The second kappa shape index (κ2) is 17.3. The highest BCUT2D eigenvalue weighted by Crippen LogP contribution is 2.35. The van der Waals surface area contributed by atoms with E-state index in [0.717, 1.165) is 19.1 Å². The van der Waals surface area contributed by atoms with Crippen molar-refractivity contribution in [3.8, 4) is 5.75 Å². The fraction of sp³-hybridized carbons (Fsp3) is 0.333. The van der Waals surface area contributed by atoms with Gasteiger partial charge in [0.25, 0.3) is 0 Å². The third-order valence-electron chi connectivity index (χ3n) is 2.99. The van der Waals surface area contributed by atoms with Crippen LogP contribution in [-0.4, -0.2) is 37.9 Å². The maximum Gasteiger partial charge on any atom is 0.573 e. The van der Waals surface area contributed by atoms with E-state index in [1.165, 1.54) is 37.4 Å². The minimum atomic E-state index is -4.81. The molecule has 0 fully saturated rings. The fourth-order valence-corrected chi connectivity index (χ4v) is 3.29. The van der Waals surface area contributed by atoms with E-state index in [0.29, 0.717) is 16.4 Å². The minimum absolute atomic E-state index is 0.0545. The molecule has 0 bridgehead atoms. The monoisotopic (exact) mass is 541 g/mol. The molecule has 2 N–H and O–H groups in total. The van der Waals surface area contributed by atoms with Crippen LogP contribution in [0.1, 0.15) is 48.4 Å². The third-order valence-corrected chi connectivity index (χ3v) is 4.51. The maximum atomic E-state index is 12.4. The van der Waals surface area contributed by atoms with Gasteiger partial charge in [0, 0.05) is 22.8 Å². The fourth-order valence-electron chi connectivity index (χ4n) is 1.95. The molecular weight excluding hydrogens is 515 g/mol. The van der Waals surface area contributed by atoms with E-state index in [1.807, 2.05) is 27.7 Å². The van der Waals surface area contributed by atoms with Crippen LogP contribution in [0.15, 0.2) is 45.8 Å². The van der Waals surface area contributed by atoms with Crippen LogP contribution in [-0.2, 0) is 4.74 Å². The Morgan fingerprint density at radius 1 is 1.12 bits per heavy atom. The summed E-state index contributed by atoms with van der Waals surface area (Å²) in [4.78, 5) is 23.1. The SMILES string of the molecule is CC.CC.CO.COC(=O)c1c(Br)cc(NSc2ccccc2OC(F)(F)F)cc1C=O. The van der Waals surface area contributed by atoms with Crippen LogP contribution in [0, 0.1) is 0 Å². The summed E-state index contributed by atoms with van der Waals surface area (Å²) in [7, 11) is 2.18. The van der Waals surface area contributed by atoms with Gasteiger partial charge in [0.05, 0.1) is 17.6 Å². The molecule has 0 amide bonds. The molecule has 0 radical (unpaired) electrons. The molecular formula is C21H27BrF3NO5S. The van der Waals surface area contributed by atoms with Crippen molar-refractivity contribution in [2.75, 3.05) is 18.9 Å². The zero-order valence-electron chi connectivity index (χ0n) is 18.5. The molecule has 0 saturated heterocycles. The number of ether oxygens (including phenoxy) is 2. The van der Waals surface area contributed by atoms with E-state index in [4.69, 9.17) is 5.11 Å². The molecule has 2 aromatic carbocycles. The molecule has 180 valence electrons. The molecule has 2 aromatic rings. The normalized spacial score (nSPS) is 9.47. The first-order chi connectivity index (χ1) is 15.2. The van der Waals surface area contributed by atoms with Crippen LogP contribution >= 0.6 is 27.9 Å². The van der Waals surface area contributed by atoms with Crippen LogP contribution < -0.4 is 9.46 Å². The van der Waals surface area contributed by atoms with Gasteiger partial charge in [-0.25, -0.2) is 4.79 Å². The van der Waals surface area contributed by atoms with Gasteiger partial charge >= 0.3 is 12.3 Å². The molecule has 0 saturated carbocycles. The number of carbonyl (C=O) groups excluding carboxylic acids is 2. The van der Waals surface area contributed by atoms with Crippen LogP contribution in [0.4, 0.5) is 18.9 Å². The molecule has 0 aromatic heterocycles. The molecule has 0 aliphatic carbocycles. The number of hydrogen-bond acceptors (Lipinski definition) is 7. The Balaban J connectivity index is 0. The van der Waals surface area contributed by atoms with E-state index < -0.39 is 12.3 Å². The molecule has 0 spiro atoms. The second-order valence-electron chi connectivity index (χ2n) is 4.73. The van der Waals surface area contributed by atoms with Crippen LogP contribution in [0.3, 0.4) is 0 Å². The van der Waals surface area contributed by atoms with Gasteiger partial charge in [-0.3, -0.25) is 4.79 Å². The van der Waals surface area contributed by atoms with Gasteiger partial charge in [-0.2, -0.15) is 0 Å². The van der Waals surface area contributed by atoms with E-state index in [-0.39, 0.29) is 21.8 Å². The molecule has 0 aliphatic rings. The Morgan fingerprint density at radius 3 is 2.19 bits per heavy atom. The van der Waals surface area contributed by atoms with E-state index in [9.17, 15) is 22.8 Å². The molecule has 0 atom stereocenters. The lowest BCUT2D eigenvalue weighted by atomic mass is 10.1. The number of aliphatic hydroxyl groups is 1. The van der Waals surface area contributed by atoms with E-state index in [2.05, 4.69) is 30.1 Å². The molecule has 11 heteroatoms. The number of carbonyl (C=O) groups is 2. The van der Waals surface area contributed by atoms with Crippen molar-refractivity contribution >= 4 is 45.8 Å². The average Bonchev–Trinajstić information content (AvgIpc) is 2.80. The Kier molecular flexibility index (Phi) is 17.3. The van der Waals surface area contributed by atoms with Crippen molar-refractivity contribution in [1.29, 1.82) is 0 Å². The Labute approximate surface area is 198 Å². The van der Waals surface area contributed by atoms with Crippen LogP contribution in [0.5, 0.6) is 5.75 Å². The number of methoxy groups -OCH3 is 1. The Morgan fingerprint density at radius 2 is 1.69 bits per heavy atom. The van der Waals surface area contributed by atoms with Gasteiger partial charge in [0.1, 0.15) is 5.75 Å². The minimum Gasteiger partial charge on any atom is -0.465 e. The number of benzene rings is 2. The summed E-state index contributed by atoms with van der Waals surface area (Å²) in [6.45, 7) is 8.00. The maximum absolute atomic E-state index is 12.4. The lowest BCUT2D eigenvalue weighted by Gasteiger charge is -2.14. The first-order valence-electron chi connectivity index (χ1n) is 9.34. The number of halogens is 4. The average molecular weight is 542 g/mol. The van der Waals surface area contributed by atoms with Crippen molar-refractivity contribution in [2.45, 2.75) is 39.0 Å². The zero-order chi connectivity index (χ0) is 25.3. The van der Waals surface area contributed by atoms with E-state index in [1.54, 1.807) is 6.07 Å². The van der Waals surface area contributed by atoms with Crippen LogP contribution in [0.2, 0.25) is 0 Å². The van der Waals surface area contributed by atoms with Gasteiger partial charge in [-0.05, 0) is 52.1 Å². The lowest BCUT2D eigenvalue weighted by Crippen LogP contribution is -2.17. The summed E-state index contributed by atoms with van der Waals surface area (Å²) in [5, 5.41) is 7.00. The Hall–Kier alpha value is -2.24. The number of hydrogen-bond donors (Lipinski definition) is 2. The van der Waals surface area contributed by atoms with Crippen molar-refractivity contribution < 1.29 is 37.3 Å². The quantitative estimate of drug-likeness (QED) is 0.238. The first kappa shape index (κ1) is 31.9. The molecule has 0 unspecified atom stereocenters. The molecule has 6 nitrogen and oxygen atoms in total. The second-order valence-corrected chi connectivity index (χ2v) is 6.43. The number of para-hydroxylation sites is 1. The van der Waals surface area contributed by atoms with Gasteiger partial charge < -0.3 is 19.3 Å². The highest BCUT2D eigenvalue weighted by atomic mass is 79.9. The highest BCUT2D eigenvalue weighted by molar-refractivity contribution is 9.10.